The Morgan fingerprint density at radius 1 is 0.783 bits per heavy atom. The number of fused-ring (bicyclic) bond motifs is 3. The molecule has 1 aliphatic rings. The van der Waals surface area contributed by atoms with Gasteiger partial charge in [-0.15, -0.1) is 0 Å². The van der Waals surface area contributed by atoms with Gasteiger partial charge in [0.1, 0.15) is 10.9 Å². The molecular weight excluding hydrogens is 609 g/mol. The Hall–Kier alpha value is -5.24. The maximum atomic E-state index is 12.9. The van der Waals surface area contributed by atoms with Gasteiger partial charge in [-0.25, -0.2) is 0 Å². The fourth-order valence-electron chi connectivity index (χ4n) is 5.90. The van der Waals surface area contributed by atoms with Gasteiger partial charge in [0.2, 0.25) is 0 Å². The van der Waals surface area contributed by atoms with Gasteiger partial charge in [-0.1, -0.05) is 114 Å². The summed E-state index contributed by atoms with van der Waals surface area (Å²) < 4.78 is 2.52. The van der Waals surface area contributed by atoms with Crippen molar-refractivity contribution < 1.29 is 14.7 Å². The molecule has 5 nitrogen and oxygen atoms in total. The van der Waals surface area contributed by atoms with E-state index in [0.29, 0.717) is 4.91 Å². The molecule has 46 heavy (non-hydrogen) atoms. The summed E-state index contributed by atoms with van der Waals surface area (Å²) in [5, 5.41) is 11.4. The van der Waals surface area contributed by atoms with E-state index in [1.165, 1.54) is 0 Å². The lowest BCUT2D eigenvalue weighted by atomic mass is 9.96. The maximum Gasteiger partial charge on any atom is 0.323 e. The zero-order chi connectivity index (χ0) is 31.8. The van der Waals surface area contributed by atoms with Gasteiger partial charge in [0, 0.05) is 16.5 Å². The molecular formula is C39H28N2O3S2. The molecule has 224 valence electrons. The monoisotopic (exact) mass is 636 g/mol. The molecule has 0 bridgehead atoms. The Balaban J connectivity index is 1.29. The SMILES string of the molecule is Cc1ccc2c(c1)c1cc(/C=C3\SC(=S)N(CC(=O)O)C3=O)ccc1n2-c1ccc(C=C(c2ccccc2)c2ccccc2)cc1. The molecule has 0 spiro atoms. The van der Waals surface area contributed by atoms with Gasteiger partial charge in [0.05, 0.1) is 15.9 Å². The zero-order valence-corrected chi connectivity index (χ0v) is 26.5. The second-order valence-electron chi connectivity index (χ2n) is 11.2. The highest BCUT2D eigenvalue weighted by atomic mass is 32.2. The number of carboxylic acid groups (broad SMARTS) is 1. The molecule has 1 aromatic heterocycles. The predicted molar refractivity (Wildman–Crippen MR) is 193 cm³/mol. The number of carboxylic acids is 1. The summed E-state index contributed by atoms with van der Waals surface area (Å²) in [6.07, 6.45) is 4.02. The lowest BCUT2D eigenvalue weighted by molar-refractivity contribution is -0.140. The van der Waals surface area contributed by atoms with Gasteiger partial charge >= 0.3 is 5.97 Å². The smallest absolute Gasteiger partial charge is 0.323 e. The zero-order valence-electron chi connectivity index (χ0n) is 24.9. The van der Waals surface area contributed by atoms with Crippen molar-refractivity contribution in [3.05, 3.63) is 154 Å². The third kappa shape index (κ3) is 5.67. The normalized spacial score (nSPS) is 14.0. The van der Waals surface area contributed by atoms with Crippen LogP contribution in [0.4, 0.5) is 0 Å². The second kappa shape index (κ2) is 12.3. The number of hydrogen-bond donors (Lipinski definition) is 1. The fraction of sp³-hybridized carbons (Fsp3) is 0.0513. The molecule has 0 unspecified atom stereocenters. The molecule has 1 fully saturated rings. The highest BCUT2D eigenvalue weighted by Crippen LogP contribution is 2.36. The molecule has 2 heterocycles. The van der Waals surface area contributed by atoms with Crippen LogP contribution >= 0.6 is 24.0 Å². The third-order valence-corrected chi connectivity index (χ3v) is 9.42. The van der Waals surface area contributed by atoms with E-state index in [9.17, 15) is 14.7 Å². The second-order valence-corrected chi connectivity index (χ2v) is 12.9. The lowest BCUT2D eigenvalue weighted by Gasteiger charge is -2.11. The Bertz CT molecular complexity index is 2180. The largest absolute Gasteiger partial charge is 0.480 e. The van der Waals surface area contributed by atoms with Gasteiger partial charge in [-0.3, -0.25) is 14.5 Å². The number of aromatic nitrogens is 1. The number of aliphatic carboxylic acids is 1. The van der Waals surface area contributed by atoms with Gasteiger partial charge in [0.25, 0.3) is 5.91 Å². The maximum absolute atomic E-state index is 12.9. The molecule has 0 radical (unpaired) electrons. The fourth-order valence-corrected chi connectivity index (χ4v) is 7.16. The summed E-state index contributed by atoms with van der Waals surface area (Å²) in [4.78, 5) is 25.7. The van der Waals surface area contributed by atoms with Crippen LogP contribution in [0, 0.1) is 6.92 Å². The van der Waals surface area contributed by atoms with Crippen molar-refractivity contribution in [3.63, 3.8) is 0 Å². The first-order valence-electron chi connectivity index (χ1n) is 14.8. The molecule has 7 heteroatoms. The Labute approximate surface area is 276 Å². The number of carbonyl (C=O) groups is 2. The van der Waals surface area contributed by atoms with Crippen molar-refractivity contribution in [1.29, 1.82) is 0 Å². The van der Waals surface area contributed by atoms with Crippen molar-refractivity contribution in [3.8, 4) is 5.69 Å². The molecule has 7 rings (SSSR count). The van der Waals surface area contributed by atoms with Gasteiger partial charge < -0.3 is 9.67 Å². The van der Waals surface area contributed by atoms with E-state index in [1.54, 1.807) is 6.08 Å². The van der Waals surface area contributed by atoms with Crippen molar-refractivity contribution in [1.82, 2.24) is 9.47 Å². The molecule has 1 N–H and O–H groups in total. The highest BCUT2D eigenvalue weighted by Gasteiger charge is 2.33. The number of amides is 1. The minimum Gasteiger partial charge on any atom is -0.480 e. The molecule has 0 saturated carbocycles. The average Bonchev–Trinajstić information content (AvgIpc) is 3.52. The minimum absolute atomic E-state index is 0.255. The van der Waals surface area contributed by atoms with Crippen LogP contribution in [0.5, 0.6) is 0 Å². The Morgan fingerprint density at radius 3 is 2.00 bits per heavy atom. The van der Waals surface area contributed by atoms with Crippen molar-refractivity contribution in [2.24, 2.45) is 0 Å². The van der Waals surface area contributed by atoms with Gasteiger partial charge in [0.15, 0.2) is 0 Å². The molecule has 0 aliphatic carbocycles. The van der Waals surface area contributed by atoms with Crippen molar-refractivity contribution in [2.45, 2.75) is 6.92 Å². The summed E-state index contributed by atoms with van der Waals surface area (Å²) >= 11 is 6.41. The van der Waals surface area contributed by atoms with Gasteiger partial charge in [-0.05, 0) is 83.3 Å². The minimum atomic E-state index is -1.10. The third-order valence-electron chi connectivity index (χ3n) is 8.04. The van der Waals surface area contributed by atoms with Gasteiger partial charge in [-0.2, -0.15) is 0 Å². The van der Waals surface area contributed by atoms with E-state index < -0.39 is 12.5 Å². The standard InChI is InChI=1S/C39H28N2O3S2/c1-25-12-18-34-32(20-25)33-22-27(23-36-38(44)40(24-37(42)43)39(45)46-36)15-19-35(33)41(34)30-16-13-26(14-17-30)21-31(28-8-4-2-5-9-28)29-10-6-3-7-11-29/h2-23H,24H2,1H3,(H,42,43)/b36-23-. The summed E-state index contributed by atoms with van der Waals surface area (Å²) in [5.74, 6) is -1.48. The highest BCUT2D eigenvalue weighted by molar-refractivity contribution is 8.26. The quantitative estimate of drug-likeness (QED) is 0.108. The first-order chi connectivity index (χ1) is 22.4. The number of hydrogen-bond acceptors (Lipinski definition) is 4. The number of thioether (sulfide) groups is 1. The molecule has 0 atom stereocenters. The van der Waals surface area contributed by atoms with Crippen LogP contribution < -0.4 is 0 Å². The van der Waals surface area contributed by atoms with Crippen molar-refractivity contribution >= 4 is 79.7 Å². The van der Waals surface area contributed by atoms with Crippen LogP contribution in [0.2, 0.25) is 0 Å². The van der Waals surface area contributed by atoms with Crippen LogP contribution in [-0.2, 0) is 9.59 Å². The van der Waals surface area contributed by atoms with Crippen LogP contribution in [0.25, 0.3) is 45.2 Å². The Morgan fingerprint density at radius 2 is 1.37 bits per heavy atom. The van der Waals surface area contributed by atoms with E-state index in [2.05, 4.69) is 121 Å². The van der Waals surface area contributed by atoms with Crippen LogP contribution in [0.1, 0.15) is 27.8 Å². The predicted octanol–water partition coefficient (Wildman–Crippen LogP) is 8.97. The molecule has 5 aromatic carbocycles. The van der Waals surface area contributed by atoms with Crippen molar-refractivity contribution in [2.75, 3.05) is 6.54 Å². The van der Waals surface area contributed by atoms with E-state index in [0.717, 1.165) is 77.5 Å². The van der Waals surface area contributed by atoms with E-state index >= 15 is 0 Å². The van der Waals surface area contributed by atoms with Crippen LogP contribution in [0.3, 0.4) is 0 Å². The first-order valence-corrected chi connectivity index (χ1v) is 16.0. The topological polar surface area (TPSA) is 62.5 Å². The number of nitrogens with zero attached hydrogens (tertiary/aromatic N) is 2. The van der Waals surface area contributed by atoms with Crippen LogP contribution in [-0.4, -0.2) is 37.3 Å². The number of aryl methyl sites for hydroxylation is 1. The molecule has 6 aromatic rings. The lowest BCUT2D eigenvalue weighted by Crippen LogP contribution is -2.33. The first kappa shape index (κ1) is 29.5. The number of carbonyl (C=O) groups excluding carboxylic acids is 1. The Kier molecular flexibility index (Phi) is 7.86. The summed E-state index contributed by atoms with van der Waals surface area (Å²) in [7, 11) is 0. The molecule has 1 saturated heterocycles. The average molecular weight is 637 g/mol. The van der Waals surface area contributed by atoms with Crippen LogP contribution in [0.15, 0.2) is 126 Å². The molecule has 1 aliphatic heterocycles. The molecule has 1 amide bonds. The van der Waals surface area contributed by atoms with E-state index in [1.807, 2.05) is 18.2 Å². The number of thiocarbonyl (C=S) groups is 1. The summed E-state index contributed by atoms with van der Waals surface area (Å²) in [6.45, 7) is 1.64. The number of benzene rings is 5. The van der Waals surface area contributed by atoms with E-state index in [-0.39, 0.29) is 10.2 Å². The summed E-state index contributed by atoms with van der Waals surface area (Å²) in [5.41, 5.74) is 9.77. The summed E-state index contributed by atoms with van der Waals surface area (Å²) in [6, 6.07) is 42.1. The van der Waals surface area contributed by atoms with E-state index in [4.69, 9.17) is 12.2 Å². The number of rotatable bonds is 7.